The van der Waals surface area contributed by atoms with Gasteiger partial charge in [-0.3, -0.25) is 0 Å². The minimum Gasteiger partial charge on any atom is -0.0622 e. The molecule has 0 aliphatic rings. The predicted molar refractivity (Wildman–Crippen MR) is 208 cm³/mol. The molecule has 0 unspecified atom stereocenters. The molecule has 0 spiro atoms. The van der Waals surface area contributed by atoms with E-state index in [1.807, 2.05) is 18.2 Å². The van der Waals surface area contributed by atoms with Crippen molar-refractivity contribution in [2.75, 3.05) is 0 Å². The van der Waals surface area contributed by atoms with E-state index >= 15 is 0 Å². The number of benzene rings is 8. The normalized spacial score (nSPS) is 11.7. The van der Waals surface area contributed by atoms with Crippen LogP contribution in [-0.2, 0) is 0 Å². The summed E-state index contributed by atoms with van der Waals surface area (Å²) in [4.78, 5) is 10.3. The van der Waals surface area contributed by atoms with Crippen molar-refractivity contribution in [1.82, 2.24) is 9.97 Å². The van der Waals surface area contributed by atoms with Crippen LogP contribution in [0.3, 0.4) is 0 Å². The molecule has 0 amide bonds. The molecule has 2 nitrogen and oxygen atoms in total. The van der Waals surface area contributed by atoms with Crippen LogP contribution in [0.2, 0.25) is 0 Å². The summed E-state index contributed by atoms with van der Waals surface area (Å²) in [5.74, 6) is 0.720. The summed E-state index contributed by atoms with van der Waals surface area (Å²) in [6.45, 7) is 0. The molecule has 0 atom stereocenters. The SMILES string of the molecule is c1ccc(-c2cccc(-c3cc(-c4ccc5c(c4)c4ccccc4c4cc6[se]c7ccccc7c6cc54)nc(-c4ccccc4)n3)c2)cc1. The van der Waals surface area contributed by atoms with Crippen LogP contribution in [0.5, 0.6) is 0 Å². The van der Waals surface area contributed by atoms with Gasteiger partial charge in [-0.1, -0.05) is 78.9 Å². The fraction of sp³-hybridized carbons (Fsp3) is 0. The molecule has 2 aromatic heterocycles. The zero-order valence-electron chi connectivity index (χ0n) is 26.5. The molecule has 10 aromatic rings. The molecule has 228 valence electrons. The minimum absolute atomic E-state index is 0.321. The van der Waals surface area contributed by atoms with Gasteiger partial charge in [0.25, 0.3) is 0 Å². The van der Waals surface area contributed by atoms with Gasteiger partial charge in [-0.2, -0.15) is 0 Å². The van der Waals surface area contributed by atoms with E-state index in [9.17, 15) is 0 Å². The molecule has 0 aliphatic heterocycles. The Bertz CT molecular complexity index is 2870. The van der Waals surface area contributed by atoms with Crippen LogP contribution in [-0.4, -0.2) is 24.5 Å². The Morgan fingerprint density at radius 1 is 0.286 bits per heavy atom. The van der Waals surface area contributed by atoms with Crippen molar-refractivity contribution in [1.29, 1.82) is 0 Å². The summed E-state index contributed by atoms with van der Waals surface area (Å²) in [5, 5.41) is 10.5. The maximum atomic E-state index is 5.19. The Morgan fingerprint density at radius 3 is 1.59 bits per heavy atom. The first-order valence-electron chi connectivity index (χ1n) is 16.6. The first-order chi connectivity index (χ1) is 24.3. The second-order valence-electron chi connectivity index (χ2n) is 12.6. The Labute approximate surface area is 289 Å². The summed E-state index contributed by atoms with van der Waals surface area (Å²) in [6, 6.07) is 61.2. The van der Waals surface area contributed by atoms with E-state index in [2.05, 4.69) is 152 Å². The third-order valence-corrected chi connectivity index (χ3v) is 12.0. The maximum absolute atomic E-state index is 5.19. The van der Waals surface area contributed by atoms with Crippen LogP contribution in [0.1, 0.15) is 0 Å². The summed E-state index contributed by atoms with van der Waals surface area (Å²) in [6.07, 6.45) is 0. The van der Waals surface area contributed by atoms with Crippen molar-refractivity contribution < 1.29 is 0 Å². The van der Waals surface area contributed by atoms with E-state index in [1.54, 1.807) is 0 Å². The standard InChI is InChI=1S/C46H28N2Se/c1-3-12-29(13-4-1)31-16-11-17-32(24-31)42-28-43(48-46(47-42)30-14-5-2-6-15-30)33-22-23-36-38(25-33)34-18-7-8-19-35(34)40-27-45-41(26-39(36)40)37-20-9-10-21-44(37)49-45/h1-28H. The Hall–Kier alpha value is -5.86. The van der Waals surface area contributed by atoms with Crippen LogP contribution in [0.25, 0.3) is 96.6 Å². The molecule has 8 aromatic carbocycles. The first-order valence-corrected chi connectivity index (χ1v) is 18.3. The fourth-order valence-corrected chi connectivity index (χ4v) is 9.64. The van der Waals surface area contributed by atoms with E-state index < -0.39 is 0 Å². The monoisotopic (exact) mass is 688 g/mol. The van der Waals surface area contributed by atoms with Crippen LogP contribution >= 0.6 is 0 Å². The molecule has 0 fully saturated rings. The molecule has 3 heteroatoms. The number of fused-ring (bicyclic) bond motifs is 9. The van der Waals surface area contributed by atoms with Crippen molar-refractivity contribution in [3.8, 4) is 45.0 Å². The molecular formula is C46H28N2Se. The van der Waals surface area contributed by atoms with Crippen molar-refractivity contribution in [2.45, 2.75) is 0 Å². The summed E-state index contributed by atoms with van der Waals surface area (Å²) in [5.41, 5.74) is 7.30. The zero-order valence-corrected chi connectivity index (χ0v) is 28.2. The van der Waals surface area contributed by atoms with Crippen LogP contribution < -0.4 is 0 Å². The Morgan fingerprint density at radius 2 is 0.837 bits per heavy atom. The summed E-state index contributed by atoms with van der Waals surface area (Å²) in [7, 11) is 0. The smallest absolute Gasteiger partial charge is 0.0622 e. The molecule has 10 rings (SSSR count). The van der Waals surface area contributed by atoms with Crippen molar-refractivity contribution >= 4 is 66.1 Å². The second-order valence-corrected chi connectivity index (χ2v) is 14.8. The third kappa shape index (κ3) is 4.78. The molecule has 0 aliphatic carbocycles. The number of nitrogens with zero attached hydrogens (tertiary/aromatic N) is 2. The summed E-state index contributed by atoms with van der Waals surface area (Å²) >= 11 is 0.321. The number of rotatable bonds is 4. The van der Waals surface area contributed by atoms with Gasteiger partial charge in [0, 0.05) is 0 Å². The quantitative estimate of drug-likeness (QED) is 0.136. The Kier molecular flexibility index (Phi) is 6.55. The zero-order chi connectivity index (χ0) is 32.3. The summed E-state index contributed by atoms with van der Waals surface area (Å²) < 4.78 is 2.94. The van der Waals surface area contributed by atoms with Gasteiger partial charge in [0.15, 0.2) is 0 Å². The van der Waals surface area contributed by atoms with Crippen molar-refractivity contribution in [3.63, 3.8) is 0 Å². The second kappa shape index (κ2) is 11.4. The van der Waals surface area contributed by atoms with E-state index in [1.165, 1.54) is 62.7 Å². The molecule has 0 N–H and O–H groups in total. The van der Waals surface area contributed by atoms with Gasteiger partial charge < -0.3 is 0 Å². The van der Waals surface area contributed by atoms with Gasteiger partial charge in [0.1, 0.15) is 0 Å². The minimum atomic E-state index is 0.321. The topological polar surface area (TPSA) is 25.8 Å². The average Bonchev–Trinajstić information content (AvgIpc) is 3.55. The number of hydrogen-bond donors (Lipinski definition) is 0. The molecule has 0 saturated carbocycles. The van der Waals surface area contributed by atoms with Gasteiger partial charge >= 0.3 is 195 Å². The molecule has 0 saturated heterocycles. The molecular weight excluding hydrogens is 659 g/mol. The predicted octanol–water partition coefficient (Wildman–Crippen LogP) is 12.0. The molecule has 0 radical (unpaired) electrons. The van der Waals surface area contributed by atoms with Crippen LogP contribution in [0, 0.1) is 0 Å². The third-order valence-electron chi connectivity index (χ3n) is 9.65. The van der Waals surface area contributed by atoms with Gasteiger partial charge in [0.05, 0.1) is 0 Å². The van der Waals surface area contributed by atoms with Gasteiger partial charge in [-0.05, 0) is 17.2 Å². The van der Waals surface area contributed by atoms with Crippen molar-refractivity contribution in [2.24, 2.45) is 0 Å². The van der Waals surface area contributed by atoms with Gasteiger partial charge in [-0.15, -0.1) is 0 Å². The van der Waals surface area contributed by atoms with Crippen LogP contribution in [0.15, 0.2) is 170 Å². The number of aromatic nitrogens is 2. The van der Waals surface area contributed by atoms with Crippen molar-refractivity contribution in [3.05, 3.63) is 170 Å². The fourth-order valence-electron chi connectivity index (χ4n) is 7.28. The van der Waals surface area contributed by atoms with E-state index in [0.717, 1.165) is 33.9 Å². The Balaban J connectivity index is 1.21. The number of hydrogen-bond acceptors (Lipinski definition) is 2. The average molecular weight is 688 g/mol. The molecule has 0 bridgehead atoms. The molecule has 2 heterocycles. The molecule has 49 heavy (non-hydrogen) atoms. The van der Waals surface area contributed by atoms with Gasteiger partial charge in [-0.25, -0.2) is 0 Å². The van der Waals surface area contributed by atoms with Gasteiger partial charge in [0.2, 0.25) is 0 Å². The van der Waals surface area contributed by atoms with E-state index in [-0.39, 0.29) is 0 Å². The first kappa shape index (κ1) is 28.2. The van der Waals surface area contributed by atoms with Crippen LogP contribution in [0.4, 0.5) is 0 Å². The van der Waals surface area contributed by atoms with E-state index in [4.69, 9.17) is 9.97 Å². The van der Waals surface area contributed by atoms with E-state index in [0.29, 0.717) is 14.5 Å².